The zero-order chi connectivity index (χ0) is 29.7. The number of pyridine rings is 1. The molecule has 0 saturated carbocycles. The fraction of sp³-hybridized carbons (Fsp3) is 0.452. The second kappa shape index (κ2) is 10.3. The van der Waals surface area contributed by atoms with E-state index in [1.165, 1.54) is 0 Å². The quantitative estimate of drug-likeness (QED) is 0.333. The fourth-order valence-corrected chi connectivity index (χ4v) is 4.98. The maximum atomic E-state index is 13.4. The van der Waals surface area contributed by atoms with Crippen LogP contribution in [0.4, 0.5) is 16.4 Å². The van der Waals surface area contributed by atoms with E-state index in [0.717, 1.165) is 34.6 Å². The molecule has 0 unspecified atom stereocenters. The molecule has 41 heavy (non-hydrogen) atoms. The molecule has 3 aromatic heterocycles. The Labute approximate surface area is 240 Å². The number of aromatic nitrogens is 5. The van der Waals surface area contributed by atoms with Crippen molar-refractivity contribution < 1.29 is 9.53 Å². The van der Waals surface area contributed by atoms with E-state index >= 15 is 0 Å². The molecule has 1 aromatic carbocycles. The van der Waals surface area contributed by atoms with E-state index in [1.807, 2.05) is 63.6 Å². The van der Waals surface area contributed by atoms with E-state index in [1.54, 1.807) is 22.0 Å². The first-order valence-corrected chi connectivity index (χ1v) is 14.1. The van der Waals surface area contributed by atoms with Gasteiger partial charge in [-0.1, -0.05) is 26.8 Å². The molecule has 4 heterocycles. The summed E-state index contributed by atoms with van der Waals surface area (Å²) in [6.45, 7) is 17.0. The van der Waals surface area contributed by atoms with Crippen LogP contribution in [0.2, 0.25) is 0 Å². The van der Waals surface area contributed by atoms with Gasteiger partial charge in [0.1, 0.15) is 11.0 Å². The molecule has 0 radical (unpaired) electrons. The molecule has 216 valence electrons. The van der Waals surface area contributed by atoms with Crippen LogP contribution in [0.1, 0.15) is 78.3 Å². The van der Waals surface area contributed by atoms with Crippen LogP contribution in [0.25, 0.3) is 16.7 Å². The molecule has 5 rings (SSSR count). The molecule has 10 heteroatoms. The van der Waals surface area contributed by atoms with Crippen molar-refractivity contribution >= 4 is 28.8 Å². The number of carbonyl (C=O) groups excluding carboxylic acids is 1. The zero-order valence-corrected chi connectivity index (χ0v) is 25.1. The summed E-state index contributed by atoms with van der Waals surface area (Å²) in [6.07, 6.45) is 3.79. The summed E-state index contributed by atoms with van der Waals surface area (Å²) in [5.41, 5.74) is 4.52. The minimum absolute atomic E-state index is 0.0970. The van der Waals surface area contributed by atoms with Crippen molar-refractivity contribution in [3.05, 3.63) is 69.9 Å². The van der Waals surface area contributed by atoms with Crippen LogP contribution >= 0.6 is 0 Å². The minimum atomic E-state index is -0.528. The Morgan fingerprint density at radius 1 is 1.02 bits per heavy atom. The normalized spacial score (nSPS) is 13.9. The van der Waals surface area contributed by atoms with Gasteiger partial charge in [0.05, 0.1) is 5.69 Å². The molecule has 0 spiro atoms. The van der Waals surface area contributed by atoms with Crippen molar-refractivity contribution in [2.75, 3.05) is 11.9 Å². The third-order valence-electron chi connectivity index (χ3n) is 7.00. The third kappa shape index (κ3) is 5.82. The SMILES string of the molecule is CC(C)n1c(=O)c2cnc(Nc3ccc4c(c3)CCN(C(=O)OC(C)(C)C)C4)nc2n1-c1ccnc(C(C)(C)C)c1. The van der Waals surface area contributed by atoms with Gasteiger partial charge in [-0.25, -0.2) is 19.1 Å². The summed E-state index contributed by atoms with van der Waals surface area (Å²) in [4.78, 5) is 41.6. The van der Waals surface area contributed by atoms with Crippen molar-refractivity contribution in [3.8, 4) is 5.69 Å². The smallest absolute Gasteiger partial charge is 0.410 e. The number of anilines is 2. The predicted octanol–water partition coefficient (Wildman–Crippen LogP) is 5.89. The maximum Gasteiger partial charge on any atom is 0.410 e. The number of benzene rings is 1. The van der Waals surface area contributed by atoms with Gasteiger partial charge in [-0.15, -0.1) is 0 Å². The van der Waals surface area contributed by atoms with Crippen molar-refractivity contribution in [1.82, 2.24) is 29.2 Å². The predicted molar refractivity (Wildman–Crippen MR) is 160 cm³/mol. The van der Waals surface area contributed by atoms with E-state index in [0.29, 0.717) is 30.1 Å². The zero-order valence-electron chi connectivity index (χ0n) is 25.1. The topological polar surface area (TPSA) is 107 Å². The number of fused-ring (bicyclic) bond motifs is 2. The van der Waals surface area contributed by atoms with Crippen LogP contribution in [0, 0.1) is 0 Å². The lowest BCUT2D eigenvalue weighted by Gasteiger charge is -2.31. The van der Waals surface area contributed by atoms with Crippen molar-refractivity contribution in [3.63, 3.8) is 0 Å². The molecule has 0 bridgehead atoms. The lowest BCUT2D eigenvalue weighted by atomic mass is 9.91. The van der Waals surface area contributed by atoms with Crippen molar-refractivity contribution in [1.29, 1.82) is 0 Å². The number of ether oxygens (including phenoxy) is 1. The second-order valence-corrected chi connectivity index (χ2v) is 12.9. The first kappa shape index (κ1) is 28.3. The van der Waals surface area contributed by atoms with Gasteiger partial charge in [-0.05, 0) is 76.4 Å². The number of nitrogens with zero attached hydrogens (tertiary/aromatic N) is 6. The van der Waals surface area contributed by atoms with Gasteiger partial charge in [0, 0.05) is 48.3 Å². The van der Waals surface area contributed by atoms with Crippen molar-refractivity contribution in [2.24, 2.45) is 0 Å². The van der Waals surface area contributed by atoms with E-state index in [9.17, 15) is 9.59 Å². The third-order valence-corrected chi connectivity index (χ3v) is 7.00. The minimum Gasteiger partial charge on any atom is -0.444 e. The molecule has 0 saturated heterocycles. The van der Waals surface area contributed by atoms with Crippen LogP contribution in [0.15, 0.2) is 47.5 Å². The fourth-order valence-electron chi connectivity index (χ4n) is 4.98. The highest BCUT2D eigenvalue weighted by Gasteiger charge is 2.26. The first-order chi connectivity index (χ1) is 19.2. The molecule has 1 amide bonds. The van der Waals surface area contributed by atoms with Gasteiger partial charge in [-0.3, -0.25) is 9.78 Å². The summed E-state index contributed by atoms with van der Waals surface area (Å²) in [7, 11) is 0. The van der Waals surface area contributed by atoms with Crippen LogP contribution in [0.5, 0.6) is 0 Å². The Morgan fingerprint density at radius 3 is 2.46 bits per heavy atom. The lowest BCUT2D eigenvalue weighted by Crippen LogP contribution is -2.39. The molecule has 1 N–H and O–H groups in total. The highest BCUT2D eigenvalue weighted by atomic mass is 16.6. The van der Waals surface area contributed by atoms with Gasteiger partial charge in [0.25, 0.3) is 5.56 Å². The van der Waals surface area contributed by atoms with Crippen LogP contribution in [0.3, 0.4) is 0 Å². The Morgan fingerprint density at radius 2 is 1.78 bits per heavy atom. The molecule has 1 aliphatic heterocycles. The second-order valence-electron chi connectivity index (χ2n) is 12.9. The Balaban J connectivity index is 1.47. The van der Waals surface area contributed by atoms with E-state index in [4.69, 9.17) is 9.72 Å². The molecule has 1 aliphatic rings. The Hall–Kier alpha value is -4.21. The van der Waals surface area contributed by atoms with E-state index in [-0.39, 0.29) is 23.1 Å². The standard InChI is InChI=1S/C31H39N7O3/c1-19(2)37-27(39)24-17-33-28(35-26(24)38(37)23-11-13-32-25(16-23)30(3,4)5)34-22-10-9-21-18-36(14-12-20(21)15-22)29(40)41-31(6,7)8/h9-11,13,15-17,19H,12,14,18H2,1-8H3,(H,33,34,35). The molecular formula is C31H39N7O3. The highest BCUT2D eigenvalue weighted by molar-refractivity contribution is 5.77. The molecular weight excluding hydrogens is 518 g/mol. The number of hydrogen-bond acceptors (Lipinski definition) is 7. The van der Waals surface area contributed by atoms with E-state index in [2.05, 4.69) is 42.1 Å². The first-order valence-electron chi connectivity index (χ1n) is 14.1. The maximum absolute atomic E-state index is 13.4. The van der Waals surface area contributed by atoms with Gasteiger partial charge in [-0.2, -0.15) is 4.98 Å². The van der Waals surface area contributed by atoms with Gasteiger partial charge >= 0.3 is 6.09 Å². The molecule has 0 atom stereocenters. The largest absolute Gasteiger partial charge is 0.444 e. The molecule has 4 aromatic rings. The number of carbonyl (C=O) groups is 1. The summed E-state index contributed by atoms with van der Waals surface area (Å²) < 4.78 is 9.12. The van der Waals surface area contributed by atoms with Gasteiger partial charge < -0.3 is 15.0 Å². The van der Waals surface area contributed by atoms with Crippen LogP contribution in [-0.2, 0) is 23.1 Å². The monoisotopic (exact) mass is 557 g/mol. The molecule has 10 nitrogen and oxygen atoms in total. The van der Waals surface area contributed by atoms with E-state index < -0.39 is 5.60 Å². The average molecular weight is 558 g/mol. The Bertz CT molecular complexity index is 1670. The van der Waals surface area contributed by atoms with Gasteiger partial charge in [0.2, 0.25) is 5.95 Å². The number of nitrogens with one attached hydrogen (secondary N) is 1. The summed E-state index contributed by atoms with van der Waals surface area (Å²) >= 11 is 0. The summed E-state index contributed by atoms with van der Waals surface area (Å²) in [5, 5.41) is 3.77. The number of hydrogen-bond donors (Lipinski definition) is 1. The molecule has 0 aliphatic carbocycles. The number of rotatable bonds is 4. The average Bonchev–Trinajstić information content (AvgIpc) is 3.18. The van der Waals surface area contributed by atoms with Gasteiger partial charge in [0.15, 0.2) is 5.65 Å². The summed E-state index contributed by atoms with van der Waals surface area (Å²) in [6, 6.07) is 9.85. The van der Waals surface area contributed by atoms with Crippen molar-refractivity contribution in [2.45, 2.75) is 85.4 Å². The van der Waals surface area contributed by atoms with Crippen LogP contribution < -0.4 is 10.9 Å². The Kier molecular flexibility index (Phi) is 7.13. The number of amides is 1. The lowest BCUT2D eigenvalue weighted by molar-refractivity contribution is 0.0224. The molecule has 0 fully saturated rings. The summed E-state index contributed by atoms with van der Waals surface area (Å²) in [5.74, 6) is 0.392. The highest BCUT2D eigenvalue weighted by Crippen LogP contribution is 2.27. The van der Waals surface area contributed by atoms with Crippen LogP contribution in [-0.4, -0.2) is 47.5 Å².